The van der Waals surface area contributed by atoms with E-state index in [4.69, 9.17) is 0 Å². The molecular weight excluding hydrogens is 318 g/mol. The normalized spacial score (nSPS) is 17.8. The number of pyridine rings is 1. The van der Waals surface area contributed by atoms with E-state index in [2.05, 4.69) is 15.0 Å². The third-order valence-corrected chi connectivity index (χ3v) is 4.76. The SMILES string of the molecule is Cc1cccc2nc(C(=O)N3CCC[C@@H](c4ccnc(=O)[nH]4)C3)cn12. The number of aromatic nitrogens is 4. The number of aromatic amines is 1. The summed E-state index contributed by atoms with van der Waals surface area (Å²) >= 11 is 0. The van der Waals surface area contributed by atoms with Gasteiger partial charge in [0, 0.05) is 42.8 Å². The molecule has 0 unspecified atom stereocenters. The van der Waals surface area contributed by atoms with Crippen molar-refractivity contribution in [2.75, 3.05) is 13.1 Å². The molecule has 3 aromatic rings. The van der Waals surface area contributed by atoms with Gasteiger partial charge in [0.2, 0.25) is 0 Å². The van der Waals surface area contributed by atoms with Crippen molar-refractivity contribution in [2.45, 2.75) is 25.7 Å². The van der Waals surface area contributed by atoms with E-state index in [0.29, 0.717) is 18.8 Å². The van der Waals surface area contributed by atoms with E-state index in [1.807, 2.05) is 40.5 Å². The van der Waals surface area contributed by atoms with Crippen molar-refractivity contribution in [3.05, 3.63) is 64.2 Å². The first-order valence-corrected chi connectivity index (χ1v) is 8.41. The lowest BCUT2D eigenvalue weighted by Crippen LogP contribution is -2.39. The topological polar surface area (TPSA) is 83.4 Å². The average molecular weight is 337 g/mol. The Morgan fingerprint density at radius 2 is 2.20 bits per heavy atom. The number of fused-ring (bicyclic) bond motifs is 1. The highest BCUT2D eigenvalue weighted by molar-refractivity contribution is 5.93. The summed E-state index contributed by atoms with van der Waals surface area (Å²) in [5.41, 5.74) is 2.75. The van der Waals surface area contributed by atoms with Crippen molar-refractivity contribution in [3.63, 3.8) is 0 Å². The Morgan fingerprint density at radius 1 is 1.32 bits per heavy atom. The van der Waals surface area contributed by atoms with Gasteiger partial charge in [0.1, 0.15) is 11.3 Å². The first kappa shape index (κ1) is 15.6. The van der Waals surface area contributed by atoms with Gasteiger partial charge in [0.15, 0.2) is 0 Å². The summed E-state index contributed by atoms with van der Waals surface area (Å²) in [5, 5.41) is 0. The van der Waals surface area contributed by atoms with Crippen LogP contribution in [-0.2, 0) is 0 Å². The summed E-state index contributed by atoms with van der Waals surface area (Å²) in [6, 6.07) is 7.63. The fraction of sp³-hybridized carbons (Fsp3) is 0.333. The van der Waals surface area contributed by atoms with E-state index in [-0.39, 0.29) is 17.5 Å². The summed E-state index contributed by atoms with van der Waals surface area (Å²) in [6.45, 7) is 3.27. The van der Waals surface area contributed by atoms with Gasteiger partial charge >= 0.3 is 5.69 Å². The smallest absolute Gasteiger partial charge is 0.337 e. The van der Waals surface area contributed by atoms with E-state index < -0.39 is 0 Å². The minimum absolute atomic E-state index is 0.0656. The number of nitrogens with one attached hydrogen (secondary N) is 1. The zero-order valence-electron chi connectivity index (χ0n) is 14.0. The van der Waals surface area contributed by atoms with Crippen LogP contribution in [0.1, 0.15) is 40.6 Å². The molecule has 1 aliphatic rings. The molecule has 128 valence electrons. The molecule has 0 aromatic carbocycles. The molecule has 4 rings (SSSR count). The quantitative estimate of drug-likeness (QED) is 0.772. The maximum atomic E-state index is 12.9. The van der Waals surface area contributed by atoms with Gasteiger partial charge in [-0.15, -0.1) is 0 Å². The van der Waals surface area contributed by atoms with Crippen molar-refractivity contribution in [3.8, 4) is 0 Å². The molecule has 7 nitrogen and oxygen atoms in total. The number of nitrogens with zero attached hydrogens (tertiary/aromatic N) is 4. The van der Waals surface area contributed by atoms with Crippen LogP contribution in [0, 0.1) is 6.92 Å². The van der Waals surface area contributed by atoms with Crippen LogP contribution in [0.3, 0.4) is 0 Å². The Kier molecular flexibility index (Phi) is 3.83. The van der Waals surface area contributed by atoms with Gasteiger partial charge in [0.05, 0.1) is 0 Å². The van der Waals surface area contributed by atoms with Crippen LogP contribution in [0.25, 0.3) is 5.65 Å². The zero-order chi connectivity index (χ0) is 17.4. The lowest BCUT2D eigenvalue weighted by molar-refractivity contribution is 0.0700. The molecule has 0 spiro atoms. The zero-order valence-corrected chi connectivity index (χ0v) is 14.0. The predicted molar refractivity (Wildman–Crippen MR) is 92.7 cm³/mol. The maximum absolute atomic E-state index is 12.9. The van der Waals surface area contributed by atoms with Gasteiger partial charge in [0.25, 0.3) is 5.91 Å². The maximum Gasteiger partial charge on any atom is 0.345 e. The Morgan fingerprint density at radius 3 is 3.00 bits per heavy atom. The van der Waals surface area contributed by atoms with E-state index in [1.165, 1.54) is 6.20 Å². The van der Waals surface area contributed by atoms with Crippen LogP contribution in [0.2, 0.25) is 0 Å². The van der Waals surface area contributed by atoms with E-state index in [9.17, 15) is 9.59 Å². The molecule has 4 heterocycles. The van der Waals surface area contributed by atoms with Crippen molar-refractivity contribution >= 4 is 11.6 Å². The van der Waals surface area contributed by atoms with Crippen LogP contribution in [0.5, 0.6) is 0 Å². The summed E-state index contributed by atoms with van der Waals surface area (Å²) in [4.78, 5) is 37.1. The number of aryl methyl sites for hydroxylation is 1. The average Bonchev–Trinajstić information content (AvgIpc) is 3.07. The van der Waals surface area contributed by atoms with Gasteiger partial charge in [-0.3, -0.25) is 4.79 Å². The Hall–Kier alpha value is -2.96. The summed E-state index contributed by atoms with van der Waals surface area (Å²) < 4.78 is 1.93. The van der Waals surface area contributed by atoms with Crippen LogP contribution < -0.4 is 5.69 Å². The second kappa shape index (κ2) is 6.16. The number of carbonyl (C=O) groups is 1. The summed E-state index contributed by atoms with van der Waals surface area (Å²) in [5.74, 6) is 0.0522. The molecule has 3 aromatic heterocycles. The van der Waals surface area contributed by atoms with Gasteiger partial charge in [-0.1, -0.05) is 6.07 Å². The molecule has 0 radical (unpaired) electrons. The Bertz CT molecular complexity index is 990. The molecule has 1 amide bonds. The molecule has 1 aliphatic heterocycles. The number of piperidine rings is 1. The minimum atomic E-state index is -0.350. The van der Waals surface area contributed by atoms with Crippen LogP contribution in [0.15, 0.2) is 41.5 Å². The largest absolute Gasteiger partial charge is 0.345 e. The molecule has 0 saturated carbocycles. The number of H-pyrrole nitrogens is 1. The first-order valence-electron chi connectivity index (χ1n) is 8.41. The molecular formula is C18H19N5O2. The highest BCUT2D eigenvalue weighted by atomic mass is 16.2. The molecule has 25 heavy (non-hydrogen) atoms. The van der Waals surface area contributed by atoms with E-state index in [1.54, 1.807) is 6.20 Å². The molecule has 1 N–H and O–H groups in total. The third-order valence-electron chi connectivity index (χ3n) is 4.76. The van der Waals surface area contributed by atoms with Gasteiger partial charge in [-0.05, 0) is 38.0 Å². The van der Waals surface area contributed by atoms with Crippen molar-refractivity contribution in [1.29, 1.82) is 0 Å². The molecule has 0 aliphatic carbocycles. The lowest BCUT2D eigenvalue weighted by Gasteiger charge is -2.32. The number of amides is 1. The predicted octanol–water partition coefficient (Wildman–Crippen LogP) is 1.75. The lowest BCUT2D eigenvalue weighted by atomic mass is 9.94. The molecule has 1 saturated heterocycles. The van der Waals surface area contributed by atoms with Crippen molar-refractivity contribution in [1.82, 2.24) is 24.3 Å². The fourth-order valence-corrected chi connectivity index (χ4v) is 3.45. The Labute approximate surface area is 144 Å². The number of hydrogen-bond donors (Lipinski definition) is 1. The standard InChI is InChI=1S/C18H19N5O2/c1-12-4-2-6-16-20-15(11-23(12)16)17(24)22-9-3-5-13(10-22)14-7-8-19-18(25)21-14/h2,4,6-8,11,13H,3,5,9-10H2,1H3,(H,19,21,25)/t13-/m1/s1. The summed E-state index contributed by atoms with van der Waals surface area (Å²) in [7, 11) is 0. The van der Waals surface area contributed by atoms with Gasteiger partial charge in [-0.2, -0.15) is 0 Å². The van der Waals surface area contributed by atoms with Crippen LogP contribution >= 0.6 is 0 Å². The number of hydrogen-bond acceptors (Lipinski definition) is 4. The molecule has 1 atom stereocenters. The fourth-order valence-electron chi connectivity index (χ4n) is 3.45. The third kappa shape index (κ3) is 2.93. The minimum Gasteiger partial charge on any atom is -0.337 e. The van der Waals surface area contributed by atoms with E-state index in [0.717, 1.165) is 29.9 Å². The first-order chi connectivity index (χ1) is 12.1. The second-order valence-electron chi connectivity index (χ2n) is 6.44. The van der Waals surface area contributed by atoms with Crippen LogP contribution in [-0.4, -0.2) is 43.2 Å². The van der Waals surface area contributed by atoms with Crippen molar-refractivity contribution in [2.24, 2.45) is 0 Å². The summed E-state index contributed by atoms with van der Waals surface area (Å²) in [6.07, 6.45) is 5.14. The van der Waals surface area contributed by atoms with Gasteiger partial charge in [-0.25, -0.2) is 14.8 Å². The second-order valence-corrected chi connectivity index (χ2v) is 6.44. The monoisotopic (exact) mass is 337 g/mol. The van der Waals surface area contributed by atoms with Crippen LogP contribution in [0.4, 0.5) is 0 Å². The van der Waals surface area contributed by atoms with Gasteiger partial charge < -0.3 is 14.3 Å². The Balaban J connectivity index is 1.58. The number of carbonyl (C=O) groups excluding carboxylic acids is 1. The molecule has 0 bridgehead atoms. The number of imidazole rings is 1. The number of rotatable bonds is 2. The highest BCUT2D eigenvalue weighted by Crippen LogP contribution is 2.25. The number of likely N-dealkylation sites (tertiary alicyclic amines) is 1. The van der Waals surface area contributed by atoms with E-state index >= 15 is 0 Å². The molecule has 1 fully saturated rings. The van der Waals surface area contributed by atoms with Crippen molar-refractivity contribution < 1.29 is 4.79 Å². The highest BCUT2D eigenvalue weighted by Gasteiger charge is 2.27. The molecule has 7 heteroatoms.